The molecule has 1 aromatic rings. The van der Waals surface area contributed by atoms with E-state index in [4.69, 9.17) is 9.47 Å². The van der Waals surface area contributed by atoms with Gasteiger partial charge in [-0.2, -0.15) is 0 Å². The van der Waals surface area contributed by atoms with Crippen molar-refractivity contribution in [3.05, 3.63) is 23.3 Å². The average Bonchev–Trinajstić information content (AvgIpc) is 2.64. The van der Waals surface area contributed by atoms with E-state index >= 15 is 0 Å². The fourth-order valence-corrected chi connectivity index (χ4v) is 1.60. The fraction of sp³-hybridized carbons (Fsp3) is 0.364. The summed E-state index contributed by atoms with van der Waals surface area (Å²) >= 11 is 0. The van der Waals surface area contributed by atoms with Gasteiger partial charge >= 0.3 is 0 Å². The lowest BCUT2D eigenvalue weighted by atomic mass is 10.0. The fourth-order valence-electron chi connectivity index (χ4n) is 1.60. The second-order valence-corrected chi connectivity index (χ2v) is 3.27. The van der Waals surface area contributed by atoms with Crippen LogP contribution in [0.25, 0.3) is 0 Å². The van der Waals surface area contributed by atoms with Crippen molar-refractivity contribution in [2.24, 2.45) is 0 Å². The number of benzene rings is 1. The quantitative estimate of drug-likeness (QED) is 0.688. The maximum absolute atomic E-state index is 10.8. The van der Waals surface area contributed by atoms with E-state index in [0.29, 0.717) is 11.3 Å². The molecule has 0 saturated carbocycles. The van der Waals surface area contributed by atoms with E-state index in [0.717, 1.165) is 30.4 Å². The third kappa shape index (κ3) is 1.45. The van der Waals surface area contributed by atoms with Gasteiger partial charge < -0.3 is 9.47 Å². The molecule has 1 heterocycles. The Hall–Kier alpha value is -1.51. The molecule has 3 heteroatoms. The van der Waals surface area contributed by atoms with Crippen molar-refractivity contribution in [1.82, 2.24) is 0 Å². The number of hydrogen-bond acceptors (Lipinski definition) is 3. The molecule has 0 N–H and O–H groups in total. The topological polar surface area (TPSA) is 35.5 Å². The molecule has 0 unspecified atom stereocenters. The Labute approximate surface area is 82.6 Å². The van der Waals surface area contributed by atoms with Gasteiger partial charge in [0.15, 0.2) is 11.5 Å². The number of aryl methyl sites for hydroxylation is 1. The maximum Gasteiger partial charge on any atom is 0.231 e. The summed E-state index contributed by atoms with van der Waals surface area (Å²) in [4.78, 5) is 10.8. The van der Waals surface area contributed by atoms with E-state index in [2.05, 4.69) is 6.92 Å². The lowest BCUT2D eigenvalue weighted by Gasteiger charge is -2.04. The first-order valence-corrected chi connectivity index (χ1v) is 4.73. The molecule has 0 spiro atoms. The van der Waals surface area contributed by atoms with Gasteiger partial charge in [0, 0.05) is 5.56 Å². The molecule has 74 valence electrons. The van der Waals surface area contributed by atoms with Crippen LogP contribution in [0.3, 0.4) is 0 Å². The first-order chi connectivity index (χ1) is 6.85. The SMILES string of the molecule is CCCc1cc2c(cc1C=O)OCO2. The van der Waals surface area contributed by atoms with Crippen molar-refractivity contribution in [3.63, 3.8) is 0 Å². The Morgan fingerprint density at radius 2 is 2.07 bits per heavy atom. The van der Waals surface area contributed by atoms with Crippen LogP contribution < -0.4 is 9.47 Å². The molecular formula is C11H12O3. The molecule has 2 rings (SSSR count). The second kappa shape index (κ2) is 3.70. The van der Waals surface area contributed by atoms with E-state index < -0.39 is 0 Å². The number of ether oxygens (including phenoxy) is 2. The zero-order valence-electron chi connectivity index (χ0n) is 8.08. The molecule has 3 nitrogen and oxygen atoms in total. The minimum atomic E-state index is 0.253. The molecule has 0 amide bonds. The van der Waals surface area contributed by atoms with E-state index in [9.17, 15) is 4.79 Å². The minimum Gasteiger partial charge on any atom is -0.454 e. The molecule has 0 saturated heterocycles. The zero-order valence-corrected chi connectivity index (χ0v) is 8.08. The van der Waals surface area contributed by atoms with Gasteiger partial charge in [-0.3, -0.25) is 4.79 Å². The van der Waals surface area contributed by atoms with Crippen LogP contribution in [0.2, 0.25) is 0 Å². The number of carbonyl (C=O) groups excluding carboxylic acids is 1. The second-order valence-electron chi connectivity index (χ2n) is 3.27. The third-order valence-electron chi connectivity index (χ3n) is 2.28. The van der Waals surface area contributed by atoms with E-state index in [1.54, 1.807) is 6.07 Å². The summed E-state index contributed by atoms with van der Waals surface area (Å²) in [5, 5.41) is 0. The summed E-state index contributed by atoms with van der Waals surface area (Å²) in [5.41, 5.74) is 1.74. The molecule has 0 bridgehead atoms. The Balaban J connectivity index is 2.43. The highest BCUT2D eigenvalue weighted by Gasteiger charge is 2.16. The summed E-state index contributed by atoms with van der Waals surface area (Å²) in [5.74, 6) is 1.42. The largest absolute Gasteiger partial charge is 0.454 e. The van der Waals surface area contributed by atoms with Gasteiger partial charge in [-0.1, -0.05) is 13.3 Å². The van der Waals surface area contributed by atoms with Gasteiger partial charge in [0.1, 0.15) is 6.29 Å². The lowest BCUT2D eigenvalue weighted by molar-refractivity contribution is 0.112. The van der Waals surface area contributed by atoms with Crippen LogP contribution >= 0.6 is 0 Å². The molecule has 1 aliphatic heterocycles. The lowest BCUT2D eigenvalue weighted by Crippen LogP contribution is -1.92. The molecular weight excluding hydrogens is 180 g/mol. The maximum atomic E-state index is 10.8. The smallest absolute Gasteiger partial charge is 0.231 e. The van der Waals surface area contributed by atoms with Gasteiger partial charge in [0.05, 0.1) is 0 Å². The Kier molecular flexibility index (Phi) is 2.39. The van der Waals surface area contributed by atoms with Gasteiger partial charge in [0.25, 0.3) is 0 Å². The third-order valence-corrected chi connectivity index (χ3v) is 2.28. The average molecular weight is 192 g/mol. The normalized spacial score (nSPS) is 12.9. The van der Waals surface area contributed by atoms with Crippen molar-refractivity contribution in [3.8, 4) is 11.5 Å². The van der Waals surface area contributed by atoms with Gasteiger partial charge in [-0.25, -0.2) is 0 Å². The highest BCUT2D eigenvalue weighted by atomic mass is 16.7. The van der Waals surface area contributed by atoms with Crippen molar-refractivity contribution in [2.45, 2.75) is 19.8 Å². The first kappa shape index (κ1) is 9.06. The van der Waals surface area contributed by atoms with Crippen LogP contribution in [0.4, 0.5) is 0 Å². The Morgan fingerprint density at radius 3 is 2.71 bits per heavy atom. The zero-order chi connectivity index (χ0) is 9.97. The van der Waals surface area contributed by atoms with Gasteiger partial charge in [-0.05, 0) is 24.1 Å². The summed E-state index contributed by atoms with van der Waals surface area (Å²) in [6.07, 6.45) is 2.78. The summed E-state index contributed by atoms with van der Waals surface area (Å²) in [6, 6.07) is 3.65. The molecule has 14 heavy (non-hydrogen) atoms. The van der Waals surface area contributed by atoms with Gasteiger partial charge in [-0.15, -0.1) is 0 Å². The number of rotatable bonds is 3. The van der Waals surface area contributed by atoms with Crippen LogP contribution in [0, 0.1) is 0 Å². The van der Waals surface area contributed by atoms with Crippen LogP contribution in [0.15, 0.2) is 12.1 Å². The van der Waals surface area contributed by atoms with E-state index in [1.807, 2.05) is 6.07 Å². The summed E-state index contributed by atoms with van der Waals surface area (Å²) < 4.78 is 10.4. The van der Waals surface area contributed by atoms with Crippen LogP contribution in [-0.4, -0.2) is 13.1 Å². The number of fused-ring (bicyclic) bond motifs is 1. The Morgan fingerprint density at radius 1 is 1.36 bits per heavy atom. The summed E-state index contributed by atoms with van der Waals surface area (Å²) in [6.45, 7) is 2.34. The first-order valence-electron chi connectivity index (χ1n) is 4.73. The molecule has 0 aromatic heterocycles. The number of hydrogen-bond donors (Lipinski definition) is 0. The van der Waals surface area contributed by atoms with E-state index in [-0.39, 0.29) is 6.79 Å². The van der Waals surface area contributed by atoms with E-state index in [1.165, 1.54) is 0 Å². The highest BCUT2D eigenvalue weighted by Crippen LogP contribution is 2.34. The molecule has 0 atom stereocenters. The van der Waals surface area contributed by atoms with Gasteiger partial charge in [0.2, 0.25) is 6.79 Å². The number of aldehydes is 1. The van der Waals surface area contributed by atoms with Crippen molar-refractivity contribution >= 4 is 6.29 Å². The monoisotopic (exact) mass is 192 g/mol. The van der Waals surface area contributed by atoms with Crippen molar-refractivity contribution in [2.75, 3.05) is 6.79 Å². The summed E-state index contributed by atoms with van der Waals surface area (Å²) in [7, 11) is 0. The van der Waals surface area contributed by atoms with Crippen molar-refractivity contribution in [1.29, 1.82) is 0 Å². The van der Waals surface area contributed by atoms with Crippen molar-refractivity contribution < 1.29 is 14.3 Å². The molecule has 1 aliphatic rings. The molecule has 0 aliphatic carbocycles. The minimum absolute atomic E-state index is 0.253. The van der Waals surface area contributed by atoms with Crippen LogP contribution in [0.1, 0.15) is 29.3 Å². The predicted molar refractivity (Wildman–Crippen MR) is 51.9 cm³/mol. The number of carbonyl (C=O) groups is 1. The molecule has 0 radical (unpaired) electrons. The molecule has 1 aromatic carbocycles. The molecule has 0 fully saturated rings. The van der Waals surface area contributed by atoms with Crippen LogP contribution in [-0.2, 0) is 6.42 Å². The standard InChI is InChI=1S/C11H12O3/c1-2-3-8-4-10-11(14-7-13-10)5-9(8)6-12/h4-6H,2-3,7H2,1H3. The van der Waals surface area contributed by atoms with Crippen LogP contribution in [0.5, 0.6) is 11.5 Å². The Bertz CT molecular complexity index is 358. The highest BCUT2D eigenvalue weighted by molar-refractivity contribution is 5.79. The predicted octanol–water partition coefficient (Wildman–Crippen LogP) is 2.18.